The lowest BCUT2D eigenvalue weighted by atomic mass is 10.1. The molecular weight excluding hydrogens is 356 g/mol. The van der Waals surface area contributed by atoms with E-state index in [0.717, 1.165) is 12.1 Å². The van der Waals surface area contributed by atoms with Gasteiger partial charge < -0.3 is 15.1 Å². The van der Waals surface area contributed by atoms with Crippen LogP contribution in [0.3, 0.4) is 0 Å². The number of rotatable bonds is 6. The Balaban J connectivity index is 1.53. The molecule has 3 rings (SSSR count). The van der Waals surface area contributed by atoms with Crippen molar-refractivity contribution in [2.24, 2.45) is 5.92 Å². The van der Waals surface area contributed by atoms with E-state index in [0.29, 0.717) is 45.8 Å². The first kappa shape index (κ1) is 20.3. The summed E-state index contributed by atoms with van der Waals surface area (Å²) in [6, 6.07) is 7.99. The van der Waals surface area contributed by atoms with Gasteiger partial charge in [0.25, 0.3) is 0 Å². The fraction of sp³-hybridized carbons (Fsp3) is 0.571. The lowest BCUT2D eigenvalue weighted by molar-refractivity contribution is -0.137. The second-order valence-electron chi connectivity index (χ2n) is 7.48. The molecule has 7 nitrogen and oxygen atoms in total. The summed E-state index contributed by atoms with van der Waals surface area (Å²) in [5, 5.41) is 2.80. The van der Waals surface area contributed by atoms with Crippen molar-refractivity contribution in [1.29, 1.82) is 0 Å². The third-order valence-corrected chi connectivity index (χ3v) is 5.56. The van der Waals surface area contributed by atoms with Crippen molar-refractivity contribution in [1.82, 2.24) is 15.1 Å². The average Bonchev–Trinajstić information content (AvgIpc) is 3.10. The molecule has 0 aromatic heterocycles. The fourth-order valence-corrected chi connectivity index (χ4v) is 3.87. The molecule has 0 aliphatic carbocycles. The van der Waals surface area contributed by atoms with E-state index in [9.17, 15) is 14.4 Å². The SMILES string of the molecule is CCNC(=O)CN1CCN(C(=O)C2CC(=O)N(c3ccc(CC)cc3)C2)CC1. The minimum absolute atomic E-state index is 0.0115. The van der Waals surface area contributed by atoms with Gasteiger partial charge in [-0.3, -0.25) is 19.3 Å². The van der Waals surface area contributed by atoms with Gasteiger partial charge in [0.15, 0.2) is 0 Å². The van der Waals surface area contributed by atoms with Crippen LogP contribution in [0, 0.1) is 5.92 Å². The molecule has 1 atom stereocenters. The molecule has 2 aliphatic rings. The van der Waals surface area contributed by atoms with Crippen LogP contribution < -0.4 is 10.2 Å². The van der Waals surface area contributed by atoms with Crippen molar-refractivity contribution in [2.75, 3.05) is 50.7 Å². The number of piperazine rings is 1. The molecule has 0 saturated carbocycles. The van der Waals surface area contributed by atoms with Gasteiger partial charge in [0.1, 0.15) is 0 Å². The molecule has 3 amide bonds. The van der Waals surface area contributed by atoms with Gasteiger partial charge in [-0.1, -0.05) is 19.1 Å². The number of benzene rings is 1. The zero-order chi connectivity index (χ0) is 20.1. The summed E-state index contributed by atoms with van der Waals surface area (Å²) >= 11 is 0. The molecule has 1 aromatic rings. The van der Waals surface area contributed by atoms with Crippen molar-refractivity contribution in [3.8, 4) is 0 Å². The first-order chi connectivity index (χ1) is 13.5. The van der Waals surface area contributed by atoms with Crippen LogP contribution in [0.2, 0.25) is 0 Å². The van der Waals surface area contributed by atoms with Crippen LogP contribution in [0.15, 0.2) is 24.3 Å². The predicted molar refractivity (Wildman–Crippen MR) is 108 cm³/mol. The Morgan fingerprint density at radius 3 is 2.36 bits per heavy atom. The van der Waals surface area contributed by atoms with Gasteiger partial charge in [0.2, 0.25) is 17.7 Å². The Kier molecular flexibility index (Phi) is 6.67. The molecule has 7 heteroatoms. The van der Waals surface area contributed by atoms with Crippen LogP contribution in [-0.4, -0.2) is 73.3 Å². The number of carbonyl (C=O) groups excluding carboxylic acids is 3. The van der Waals surface area contributed by atoms with Crippen LogP contribution in [0.1, 0.15) is 25.8 Å². The van der Waals surface area contributed by atoms with Crippen LogP contribution in [0.5, 0.6) is 0 Å². The number of carbonyl (C=O) groups is 3. The van der Waals surface area contributed by atoms with Gasteiger partial charge in [-0.15, -0.1) is 0 Å². The summed E-state index contributed by atoms with van der Waals surface area (Å²) in [4.78, 5) is 42.7. The smallest absolute Gasteiger partial charge is 0.234 e. The number of hydrogen-bond acceptors (Lipinski definition) is 4. The maximum absolute atomic E-state index is 12.9. The first-order valence-electron chi connectivity index (χ1n) is 10.2. The number of nitrogens with zero attached hydrogens (tertiary/aromatic N) is 3. The maximum Gasteiger partial charge on any atom is 0.234 e. The summed E-state index contributed by atoms with van der Waals surface area (Å²) in [5.41, 5.74) is 2.10. The second-order valence-corrected chi connectivity index (χ2v) is 7.48. The van der Waals surface area contributed by atoms with Gasteiger partial charge >= 0.3 is 0 Å². The molecular formula is C21H30N4O3. The van der Waals surface area contributed by atoms with Crippen LogP contribution in [0.4, 0.5) is 5.69 Å². The van der Waals surface area contributed by atoms with E-state index in [4.69, 9.17) is 0 Å². The van der Waals surface area contributed by atoms with E-state index in [1.54, 1.807) is 4.90 Å². The van der Waals surface area contributed by atoms with Gasteiger partial charge in [0, 0.05) is 51.4 Å². The normalized spacial score (nSPS) is 20.5. The monoisotopic (exact) mass is 386 g/mol. The number of anilines is 1. The molecule has 2 fully saturated rings. The molecule has 0 spiro atoms. The van der Waals surface area contributed by atoms with Gasteiger partial charge in [-0.05, 0) is 31.0 Å². The second kappa shape index (κ2) is 9.19. The zero-order valence-corrected chi connectivity index (χ0v) is 16.8. The number of amides is 3. The Labute approximate surface area is 166 Å². The topological polar surface area (TPSA) is 73.0 Å². The first-order valence-corrected chi connectivity index (χ1v) is 10.2. The Hall–Kier alpha value is -2.41. The molecule has 28 heavy (non-hydrogen) atoms. The van der Waals surface area contributed by atoms with Crippen molar-refractivity contribution >= 4 is 23.4 Å². The fourth-order valence-electron chi connectivity index (χ4n) is 3.87. The van der Waals surface area contributed by atoms with Crippen molar-refractivity contribution in [3.05, 3.63) is 29.8 Å². The van der Waals surface area contributed by atoms with Crippen molar-refractivity contribution < 1.29 is 14.4 Å². The van der Waals surface area contributed by atoms with Gasteiger partial charge in [0.05, 0.1) is 12.5 Å². The molecule has 2 heterocycles. The minimum atomic E-state index is -0.284. The lowest BCUT2D eigenvalue weighted by Gasteiger charge is -2.35. The third-order valence-electron chi connectivity index (χ3n) is 5.56. The number of likely N-dealkylation sites (N-methyl/N-ethyl adjacent to an activating group) is 1. The van der Waals surface area contributed by atoms with Crippen molar-refractivity contribution in [3.63, 3.8) is 0 Å². The highest BCUT2D eigenvalue weighted by molar-refractivity contribution is 6.00. The predicted octanol–water partition coefficient (Wildman–Crippen LogP) is 0.882. The van der Waals surface area contributed by atoms with E-state index in [2.05, 4.69) is 17.1 Å². The number of nitrogens with one attached hydrogen (secondary N) is 1. The summed E-state index contributed by atoms with van der Waals surface area (Å²) in [7, 11) is 0. The van der Waals surface area contributed by atoms with Crippen molar-refractivity contribution in [2.45, 2.75) is 26.7 Å². The van der Waals surface area contributed by atoms with E-state index in [-0.39, 0.29) is 30.1 Å². The zero-order valence-electron chi connectivity index (χ0n) is 16.8. The summed E-state index contributed by atoms with van der Waals surface area (Å²) in [5.74, 6) is -0.196. The molecule has 0 radical (unpaired) electrons. The van der Waals surface area contributed by atoms with E-state index in [1.165, 1.54) is 5.56 Å². The number of aryl methyl sites for hydroxylation is 1. The average molecular weight is 386 g/mol. The van der Waals surface area contributed by atoms with E-state index >= 15 is 0 Å². The van der Waals surface area contributed by atoms with E-state index < -0.39 is 0 Å². The van der Waals surface area contributed by atoms with E-state index in [1.807, 2.05) is 36.1 Å². The van der Waals surface area contributed by atoms with Crippen LogP contribution >= 0.6 is 0 Å². The third kappa shape index (κ3) is 4.70. The Bertz CT molecular complexity index is 711. The quantitative estimate of drug-likeness (QED) is 0.788. The summed E-state index contributed by atoms with van der Waals surface area (Å²) in [6.45, 7) is 8.03. The van der Waals surface area contributed by atoms with Gasteiger partial charge in [-0.25, -0.2) is 0 Å². The summed E-state index contributed by atoms with van der Waals surface area (Å²) < 4.78 is 0. The highest BCUT2D eigenvalue weighted by Gasteiger charge is 2.38. The molecule has 1 unspecified atom stereocenters. The molecule has 1 aromatic carbocycles. The highest BCUT2D eigenvalue weighted by atomic mass is 16.2. The molecule has 0 bridgehead atoms. The Morgan fingerprint density at radius 2 is 1.75 bits per heavy atom. The Morgan fingerprint density at radius 1 is 1.07 bits per heavy atom. The van der Waals surface area contributed by atoms with Gasteiger partial charge in [-0.2, -0.15) is 0 Å². The van der Waals surface area contributed by atoms with Crippen LogP contribution in [-0.2, 0) is 20.8 Å². The largest absolute Gasteiger partial charge is 0.355 e. The minimum Gasteiger partial charge on any atom is -0.355 e. The lowest BCUT2D eigenvalue weighted by Crippen LogP contribution is -2.52. The standard InChI is InChI=1S/C21H30N4O3/c1-3-16-5-7-18(8-6-16)25-14-17(13-20(25)27)21(28)24-11-9-23(10-12-24)15-19(26)22-4-2/h5-8,17H,3-4,9-15H2,1-2H3,(H,22,26). The molecule has 2 saturated heterocycles. The maximum atomic E-state index is 12.9. The molecule has 1 N–H and O–H groups in total. The molecule has 2 aliphatic heterocycles. The molecule has 152 valence electrons. The summed E-state index contributed by atoms with van der Waals surface area (Å²) in [6.07, 6.45) is 1.23. The number of hydrogen-bond donors (Lipinski definition) is 1. The van der Waals surface area contributed by atoms with Crippen LogP contribution in [0.25, 0.3) is 0 Å². The highest BCUT2D eigenvalue weighted by Crippen LogP contribution is 2.27.